The number of amides is 2. The number of carbonyl (C=O) groups is 1. The van der Waals surface area contributed by atoms with Crippen molar-refractivity contribution in [2.75, 3.05) is 11.9 Å². The number of aromatic nitrogens is 1. The fraction of sp³-hybridized carbons (Fsp3) is 0.333. The molecule has 1 aliphatic heterocycles. The Morgan fingerprint density at radius 2 is 2.09 bits per heavy atom. The Labute approximate surface area is 130 Å². The van der Waals surface area contributed by atoms with Crippen LogP contribution in [0.3, 0.4) is 0 Å². The van der Waals surface area contributed by atoms with E-state index in [0.29, 0.717) is 6.54 Å². The van der Waals surface area contributed by atoms with E-state index in [0.717, 1.165) is 36.4 Å². The number of para-hydroxylation sites is 1. The number of likely N-dealkylation sites (tertiary alicyclic amines) is 1. The van der Waals surface area contributed by atoms with Crippen molar-refractivity contribution >= 4 is 23.1 Å². The van der Waals surface area contributed by atoms with Crippen LogP contribution < -0.4 is 5.32 Å². The molecule has 2 aromatic rings. The van der Waals surface area contributed by atoms with Crippen LogP contribution in [-0.2, 0) is 0 Å². The molecule has 3 rings (SSSR count). The minimum Gasteiger partial charge on any atom is -0.315 e. The van der Waals surface area contributed by atoms with E-state index in [4.69, 9.17) is 0 Å². The molecule has 1 aromatic carbocycles. The number of carbonyl (C=O) groups excluding carboxylic acids is 1. The highest BCUT2D eigenvalue weighted by atomic mass is 32.1. The van der Waals surface area contributed by atoms with Crippen LogP contribution in [0.4, 0.5) is 19.3 Å². The Morgan fingerprint density at radius 3 is 2.77 bits per heavy atom. The molecule has 1 aliphatic rings. The zero-order valence-electron chi connectivity index (χ0n) is 11.8. The second-order valence-corrected chi connectivity index (χ2v) is 6.03. The Bertz CT molecular complexity index is 643. The molecular weight excluding hydrogens is 308 g/mol. The van der Waals surface area contributed by atoms with E-state index in [1.54, 1.807) is 11.1 Å². The van der Waals surface area contributed by atoms with Crippen LogP contribution in [-0.4, -0.2) is 22.5 Å². The van der Waals surface area contributed by atoms with Gasteiger partial charge in [-0.2, -0.15) is 0 Å². The predicted octanol–water partition coefficient (Wildman–Crippen LogP) is 4.18. The summed E-state index contributed by atoms with van der Waals surface area (Å²) < 4.78 is 27.3. The smallest absolute Gasteiger partial charge is 0.315 e. The molecule has 0 bridgehead atoms. The Kier molecular flexibility index (Phi) is 4.33. The summed E-state index contributed by atoms with van der Waals surface area (Å²) in [4.78, 5) is 18.3. The molecule has 1 N–H and O–H groups in total. The van der Waals surface area contributed by atoms with E-state index in [1.165, 1.54) is 17.4 Å². The van der Waals surface area contributed by atoms with E-state index in [-0.39, 0.29) is 6.04 Å². The number of benzene rings is 1. The highest BCUT2D eigenvalue weighted by molar-refractivity contribution is 7.09. The summed E-state index contributed by atoms with van der Waals surface area (Å²) in [6.45, 7) is 0.548. The molecule has 1 atom stereocenters. The molecule has 0 radical (unpaired) electrons. The largest absolute Gasteiger partial charge is 0.322 e. The normalized spacial score (nSPS) is 18.3. The molecule has 0 spiro atoms. The van der Waals surface area contributed by atoms with E-state index in [1.807, 2.05) is 5.38 Å². The lowest BCUT2D eigenvalue weighted by molar-refractivity contribution is 0.163. The lowest BCUT2D eigenvalue weighted by Gasteiger charge is -2.34. The lowest BCUT2D eigenvalue weighted by Crippen LogP contribution is -2.41. The quantitative estimate of drug-likeness (QED) is 0.901. The molecule has 1 fully saturated rings. The van der Waals surface area contributed by atoms with Gasteiger partial charge in [0, 0.05) is 18.1 Å². The maximum absolute atomic E-state index is 13.7. The van der Waals surface area contributed by atoms with Crippen molar-refractivity contribution in [3.63, 3.8) is 0 Å². The minimum absolute atomic E-state index is 0.136. The zero-order valence-corrected chi connectivity index (χ0v) is 12.6. The number of hydrogen-bond acceptors (Lipinski definition) is 3. The first-order valence-corrected chi connectivity index (χ1v) is 7.96. The van der Waals surface area contributed by atoms with Gasteiger partial charge in [0.15, 0.2) is 0 Å². The number of nitrogens with zero attached hydrogens (tertiary/aromatic N) is 2. The zero-order chi connectivity index (χ0) is 15.5. The van der Waals surface area contributed by atoms with Crippen molar-refractivity contribution in [2.45, 2.75) is 25.3 Å². The van der Waals surface area contributed by atoms with E-state index in [9.17, 15) is 13.6 Å². The fourth-order valence-electron chi connectivity index (χ4n) is 2.63. The van der Waals surface area contributed by atoms with Gasteiger partial charge < -0.3 is 10.2 Å². The number of hydrogen-bond donors (Lipinski definition) is 1. The standard InChI is InChI=1S/C15H15F2N3OS/c16-10-4-3-5-11(17)13(10)19-15(21)20-8-2-1-6-12(20)14-18-7-9-22-14/h3-5,7,9,12H,1-2,6,8H2,(H,19,21). The second-order valence-electron chi connectivity index (χ2n) is 5.10. The van der Waals surface area contributed by atoms with E-state index in [2.05, 4.69) is 10.3 Å². The van der Waals surface area contributed by atoms with Crippen LogP contribution in [0.2, 0.25) is 0 Å². The molecule has 1 saturated heterocycles. The van der Waals surface area contributed by atoms with Gasteiger partial charge in [-0.15, -0.1) is 11.3 Å². The summed E-state index contributed by atoms with van der Waals surface area (Å²) in [6.07, 6.45) is 4.37. The molecule has 2 heterocycles. The van der Waals surface area contributed by atoms with Gasteiger partial charge in [-0.3, -0.25) is 0 Å². The SMILES string of the molecule is O=C(Nc1c(F)cccc1F)N1CCCCC1c1nccs1. The van der Waals surface area contributed by atoms with Crippen LogP contribution >= 0.6 is 11.3 Å². The average molecular weight is 323 g/mol. The molecule has 4 nitrogen and oxygen atoms in total. The van der Waals surface area contributed by atoms with Crippen molar-refractivity contribution in [3.05, 3.63) is 46.4 Å². The molecule has 0 saturated carbocycles. The van der Waals surface area contributed by atoms with E-state index >= 15 is 0 Å². The second kappa shape index (κ2) is 6.39. The van der Waals surface area contributed by atoms with Gasteiger partial charge in [0.25, 0.3) is 0 Å². The van der Waals surface area contributed by atoms with Gasteiger partial charge in [-0.05, 0) is 31.4 Å². The summed E-state index contributed by atoms with van der Waals surface area (Å²) in [5.41, 5.74) is -0.407. The van der Waals surface area contributed by atoms with Gasteiger partial charge in [0.2, 0.25) is 0 Å². The number of halogens is 2. The number of thiazole rings is 1. The monoisotopic (exact) mass is 323 g/mol. The third-order valence-electron chi connectivity index (χ3n) is 3.69. The Hall–Kier alpha value is -2.02. The number of urea groups is 1. The van der Waals surface area contributed by atoms with Gasteiger partial charge in [-0.1, -0.05) is 6.07 Å². The predicted molar refractivity (Wildman–Crippen MR) is 80.8 cm³/mol. The van der Waals surface area contributed by atoms with Crippen LogP contribution in [0.15, 0.2) is 29.8 Å². The van der Waals surface area contributed by atoms with Crippen LogP contribution in [0.25, 0.3) is 0 Å². The van der Waals surface area contributed by atoms with E-state index < -0.39 is 23.4 Å². The summed E-state index contributed by atoms with van der Waals surface area (Å²) in [5.74, 6) is -1.56. The summed E-state index contributed by atoms with van der Waals surface area (Å²) in [7, 11) is 0. The van der Waals surface area contributed by atoms with Gasteiger partial charge in [-0.25, -0.2) is 18.6 Å². The fourth-order valence-corrected chi connectivity index (χ4v) is 3.41. The van der Waals surface area contributed by atoms with Gasteiger partial charge in [0.1, 0.15) is 22.3 Å². The number of rotatable bonds is 2. The van der Waals surface area contributed by atoms with Gasteiger partial charge >= 0.3 is 6.03 Å². The number of nitrogens with one attached hydrogen (secondary N) is 1. The molecule has 116 valence electrons. The summed E-state index contributed by atoms with van der Waals surface area (Å²) in [5, 5.41) is 5.06. The number of piperidine rings is 1. The molecule has 22 heavy (non-hydrogen) atoms. The van der Waals surface area contributed by atoms with Gasteiger partial charge in [0.05, 0.1) is 6.04 Å². The maximum Gasteiger partial charge on any atom is 0.322 e. The average Bonchev–Trinajstić information content (AvgIpc) is 3.05. The van der Waals surface area contributed by atoms with Crippen molar-refractivity contribution in [3.8, 4) is 0 Å². The highest BCUT2D eigenvalue weighted by Crippen LogP contribution is 2.32. The highest BCUT2D eigenvalue weighted by Gasteiger charge is 2.30. The molecule has 1 unspecified atom stereocenters. The van der Waals surface area contributed by atoms with Crippen LogP contribution in [0.5, 0.6) is 0 Å². The first-order valence-electron chi connectivity index (χ1n) is 7.08. The summed E-state index contributed by atoms with van der Waals surface area (Å²) >= 11 is 1.48. The molecule has 1 aromatic heterocycles. The molecule has 2 amide bonds. The Morgan fingerprint density at radius 1 is 1.32 bits per heavy atom. The van der Waals surface area contributed by atoms with Crippen molar-refractivity contribution in [2.24, 2.45) is 0 Å². The molecular formula is C15H15F2N3OS. The maximum atomic E-state index is 13.7. The first kappa shape index (κ1) is 14.9. The van der Waals surface area contributed by atoms with Crippen molar-refractivity contribution in [1.82, 2.24) is 9.88 Å². The third kappa shape index (κ3) is 2.94. The van der Waals surface area contributed by atoms with Crippen molar-refractivity contribution < 1.29 is 13.6 Å². The summed E-state index contributed by atoms with van der Waals surface area (Å²) in [6, 6.07) is 2.87. The number of anilines is 1. The molecule has 7 heteroatoms. The first-order chi connectivity index (χ1) is 10.7. The van der Waals surface area contributed by atoms with Crippen molar-refractivity contribution in [1.29, 1.82) is 0 Å². The minimum atomic E-state index is -0.781. The third-order valence-corrected chi connectivity index (χ3v) is 4.57. The van der Waals surface area contributed by atoms with Crippen LogP contribution in [0, 0.1) is 11.6 Å². The lowest BCUT2D eigenvalue weighted by atomic mass is 10.0. The topological polar surface area (TPSA) is 45.2 Å². The Balaban J connectivity index is 1.81. The van der Waals surface area contributed by atoms with Crippen LogP contribution in [0.1, 0.15) is 30.3 Å². The molecule has 0 aliphatic carbocycles.